The SMILES string of the molecule is Cc1ccc(CNC(=O)c2cn[nH]c2NC(=O)c2ccncc2)cc1. The van der Waals surface area contributed by atoms with Crippen LogP contribution in [0.3, 0.4) is 0 Å². The summed E-state index contributed by atoms with van der Waals surface area (Å²) in [6.07, 6.45) is 4.43. The summed E-state index contributed by atoms with van der Waals surface area (Å²) < 4.78 is 0. The molecule has 25 heavy (non-hydrogen) atoms. The lowest BCUT2D eigenvalue weighted by molar-refractivity contribution is 0.0952. The molecule has 0 atom stereocenters. The van der Waals surface area contributed by atoms with E-state index in [0.717, 1.165) is 11.1 Å². The van der Waals surface area contributed by atoms with E-state index in [2.05, 4.69) is 25.8 Å². The number of aryl methyl sites for hydroxylation is 1. The van der Waals surface area contributed by atoms with Crippen LogP contribution in [-0.2, 0) is 6.54 Å². The number of rotatable bonds is 5. The van der Waals surface area contributed by atoms with Crippen molar-refractivity contribution in [2.45, 2.75) is 13.5 Å². The summed E-state index contributed by atoms with van der Waals surface area (Å²) in [4.78, 5) is 28.4. The molecular weight excluding hydrogens is 318 g/mol. The number of aromatic amines is 1. The summed E-state index contributed by atoms with van der Waals surface area (Å²) in [5, 5.41) is 11.9. The molecule has 0 aliphatic rings. The normalized spacial score (nSPS) is 10.3. The molecule has 3 rings (SSSR count). The Labute approximate surface area is 144 Å². The highest BCUT2D eigenvalue weighted by Gasteiger charge is 2.16. The average Bonchev–Trinajstić information content (AvgIpc) is 3.10. The number of aromatic nitrogens is 3. The maximum absolute atomic E-state index is 12.4. The summed E-state index contributed by atoms with van der Waals surface area (Å²) in [5.74, 6) is -0.415. The van der Waals surface area contributed by atoms with Crippen LogP contribution in [0.1, 0.15) is 31.8 Å². The molecule has 0 saturated heterocycles. The van der Waals surface area contributed by atoms with Crippen LogP contribution in [0.25, 0.3) is 0 Å². The van der Waals surface area contributed by atoms with Crippen molar-refractivity contribution in [1.82, 2.24) is 20.5 Å². The predicted molar refractivity (Wildman–Crippen MR) is 93.1 cm³/mol. The molecule has 3 N–H and O–H groups in total. The van der Waals surface area contributed by atoms with Gasteiger partial charge in [-0.1, -0.05) is 29.8 Å². The molecule has 2 aromatic heterocycles. The van der Waals surface area contributed by atoms with Gasteiger partial charge in [-0.05, 0) is 24.6 Å². The van der Waals surface area contributed by atoms with Gasteiger partial charge in [-0.15, -0.1) is 0 Å². The molecule has 7 heteroatoms. The Morgan fingerprint density at radius 1 is 1.04 bits per heavy atom. The highest BCUT2D eigenvalue weighted by atomic mass is 16.2. The van der Waals surface area contributed by atoms with Gasteiger partial charge in [-0.3, -0.25) is 19.7 Å². The lowest BCUT2D eigenvalue weighted by atomic mass is 10.1. The van der Waals surface area contributed by atoms with Gasteiger partial charge in [0.1, 0.15) is 11.4 Å². The van der Waals surface area contributed by atoms with Crippen molar-refractivity contribution < 1.29 is 9.59 Å². The van der Waals surface area contributed by atoms with Crippen LogP contribution >= 0.6 is 0 Å². The topological polar surface area (TPSA) is 99.8 Å². The molecule has 0 bridgehead atoms. The second kappa shape index (κ2) is 7.39. The van der Waals surface area contributed by atoms with Gasteiger partial charge in [0, 0.05) is 24.5 Å². The molecule has 2 amide bonds. The first kappa shape index (κ1) is 16.4. The minimum Gasteiger partial charge on any atom is -0.348 e. The molecule has 0 spiro atoms. The van der Waals surface area contributed by atoms with Gasteiger partial charge in [0.05, 0.1) is 6.20 Å². The smallest absolute Gasteiger partial charge is 0.256 e. The lowest BCUT2D eigenvalue weighted by Gasteiger charge is -2.07. The third kappa shape index (κ3) is 4.08. The number of anilines is 1. The van der Waals surface area contributed by atoms with Crippen molar-refractivity contribution in [2.24, 2.45) is 0 Å². The highest BCUT2D eigenvalue weighted by Crippen LogP contribution is 2.13. The fourth-order valence-corrected chi connectivity index (χ4v) is 2.23. The first-order valence-electron chi connectivity index (χ1n) is 7.72. The van der Waals surface area contributed by atoms with E-state index in [1.165, 1.54) is 18.6 Å². The van der Waals surface area contributed by atoms with Gasteiger partial charge in [0.25, 0.3) is 11.8 Å². The van der Waals surface area contributed by atoms with Crippen LogP contribution in [0, 0.1) is 6.92 Å². The molecule has 1 aromatic carbocycles. The molecule has 0 fully saturated rings. The van der Waals surface area contributed by atoms with Crippen LogP contribution in [0.2, 0.25) is 0 Å². The van der Waals surface area contributed by atoms with Crippen molar-refractivity contribution >= 4 is 17.6 Å². The fourth-order valence-electron chi connectivity index (χ4n) is 2.23. The van der Waals surface area contributed by atoms with E-state index in [4.69, 9.17) is 0 Å². The molecule has 0 aliphatic carbocycles. The lowest BCUT2D eigenvalue weighted by Crippen LogP contribution is -2.24. The van der Waals surface area contributed by atoms with Crippen molar-refractivity contribution in [1.29, 1.82) is 0 Å². The zero-order valence-corrected chi connectivity index (χ0v) is 13.6. The summed E-state index contributed by atoms with van der Waals surface area (Å²) in [5.41, 5.74) is 2.86. The molecule has 126 valence electrons. The molecule has 3 aromatic rings. The van der Waals surface area contributed by atoms with Crippen molar-refractivity contribution in [3.63, 3.8) is 0 Å². The van der Waals surface area contributed by atoms with Gasteiger partial charge in [-0.2, -0.15) is 5.10 Å². The van der Waals surface area contributed by atoms with Crippen molar-refractivity contribution in [2.75, 3.05) is 5.32 Å². The molecule has 0 aliphatic heterocycles. The zero-order valence-electron chi connectivity index (χ0n) is 13.6. The Balaban J connectivity index is 1.65. The number of pyridine rings is 1. The van der Waals surface area contributed by atoms with Gasteiger partial charge < -0.3 is 10.6 Å². The van der Waals surface area contributed by atoms with E-state index < -0.39 is 0 Å². The number of amides is 2. The van der Waals surface area contributed by atoms with E-state index >= 15 is 0 Å². The van der Waals surface area contributed by atoms with Crippen molar-refractivity contribution in [3.05, 3.63) is 77.2 Å². The number of nitrogens with zero attached hydrogens (tertiary/aromatic N) is 2. The minimum absolute atomic E-state index is 0.253. The van der Waals surface area contributed by atoms with E-state index in [-0.39, 0.29) is 23.2 Å². The molecule has 0 unspecified atom stereocenters. The third-order valence-electron chi connectivity index (χ3n) is 3.64. The molecule has 2 heterocycles. The Morgan fingerprint density at radius 3 is 2.48 bits per heavy atom. The van der Waals surface area contributed by atoms with Crippen LogP contribution in [-0.4, -0.2) is 27.0 Å². The zero-order chi connectivity index (χ0) is 17.6. The van der Waals surface area contributed by atoms with Crippen LogP contribution in [0.15, 0.2) is 55.0 Å². The maximum Gasteiger partial charge on any atom is 0.256 e. The Kier molecular flexibility index (Phi) is 4.84. The van der Waals surface area contributed by atoms with E-state index in [9.17, 15) is 9.59 Å². The first-order chi connectivity index (χ1) is 12.1. The summed E-state index contributed by atoms with van der Waals surface area (Å²) >= 11 is 0. The number of hydrogen-bond donors (Lipinski definition) is 3. The highest BCUT2D eigenvalue weighted by molar-refractivity contribution is 6.07. The van der Waals surface area contributed by atoms with Gasteiger partial charge in [0.2, 0.25) is 0 Å². The second-order valence-electron chi connectivity index (χ2n) is 5.52. The van der Waals surface area contributed by atoms with Gasteiger partial charge >= 0.3 is 0 Å². The second-order valence-corrected chi connectivity index (χ2v) is 5.52. The monoisotopic (exact) mass is 335 g/mol. The molecule has 0 saturated carbocycles. The Hall–Kier alpha value is -3.48. The van der Waals surface area contributed by atoms with E-state index in [1.54, 1.807) is 12.1 Å². The number of H-pyrrole nitrogens is 1. The standard InChI is InChI=1S/C18H17N5O2/c1-12-2-4-13(5-3-12)10-20-18(25)15-11-21-23-16(15)22-17(24)14-6-8-19-9-7-14/h2-9,11H,10H2,1H3,(H,20,25)(H2,21,22,23,24). The molecular formula is C18H17N5O2. The number of carbonyl (C=O) groups excluding carboxylic acids is 2. The van der Waals surface area contributed by atoms with Crippen molar-refractivity contribution in [3.8, 4) is 0 Å². The van der Waals surface area contributed by atoms with Crippen LogP contribution in [0.4, 0.5) is 5.82 Å². The van der Waals surface area contributed by atoms with E-state index in [0.29, 0.717) is 12.1 Å². The fraction of sp³-hybridized carbons (Fsp3) is 0.111. The average molecular weight is 335 g/mol. The largest absolute Gasteiger partial charge is 0.348 e. The number of hydrogen-bond acceptors (Lipinski definition) is 4. The first-order valence-corrected chi connectivity index (χ1v) is 7.72. The molecule has 7 nitrogen and oxygen atoms in total. The summed E-state index contributed by atoms with van der Waals surface area (Å²) in [6.45, 7) is 2.40. The third-order valence-corrected chi connectivity index (χ3v) is 3.64. The summed E-state index contributed by atoms with van der Waals surface area (Å²) in [6, 6.07) is 11.1. The van der Waals surface area contributed by atoms with Gasteiger partial charge in [-0.25, -0.2) is 0 Å². The number of nitrogens with one attached hydrogen (secondary N) is 3. The van der Waals surface area contributed by atoms with E-state index in [1.807, 2.05) is 31.2 Å². The summed E-state index contributed by atoms with van der Waals surface area (Å²) in [7, 11) is 0. The molecule has 0 radical (unpaired) electrons. The van der Waals surface area contributed by atoms with Gasteiger partial charge in [0.15, 0.2) is 0 Å². The Morgan fingerprint density at radius 2 is 1.76 bits per heavy atom. The van der Waals surface area contributed by atoms with Crippen LogP contribution in [0.5, 0.6) is 0 Å². The quantitative estimate of drug-likeness (QED) is 0.666. The number of carbonyl (C=O) groups is 2. The minimum atomic E-state index is -0.348. The van der Waals surface area contributed by atoms with Crippen LogP contribution < -0.4 is 10.6 Å². The maximum atomic E-state index is 12.4. The Bertz CT molecular complexity index is 872. The number of benzene rings is 1. The predicted octanol–water partition coefficient (Wildman–Crippen LogP) is 2.30.